The molecule has 1 heterocycles. The Labute approximate surface area is 54.5 Å². The Hall–Kier alpha value is -0.590. The monoisotopic (exact) mass is 126 g/mol. The smallest absolute Gasteiger partial charge is 0.176 e. The van der Waals surface area contributed by atoms with E-state index < -0.39 is 5.60 Å². The van der Waals surface area contributed by atoms with Gasteiger partial charge in [-0.05, 0) is 6.54 Å². The summed E-state index contributed by atoms with van der Waals surface area (Å²) in [6.45, 7) is 3.96. The fourth-order valence-corrected chi connectivity index (χ4v) is 0.988. The molecular weight excluding hydrogens is 116 g/mol. The van der Waals surface area contributed by atoms with Crippen molar-refractivity contribution < 1.29 is 5.11 Å². The standard InChI is InChI=1S/C6H10N2O/c1-2-8-4-6(9,3-7)5-8/h9H,2,4-5H2,1H3. The molecular formula is C6H10N2O. The normalized spacial score (nSPS) is 24.6. The predicted molar refractivity (Wildman–Crippen MR) is 32.7 cm³/mol. The van der Waals surface area contributed by atoms with E-state index in [0.29, 0.717) is 13.1 Å². The second-order valence-electron chi connectivity index (χ2n) is 2.45. The molecule has 1 aliphatic rings. The van der Waals surface area contributed by atoms with E-state index in [4.69, 9.17) is 10.4 Å². The molecule has 0 bridgehead atoms. The summed E-state index contributed by atoms with van der Waals surface area (Å²) in [5.74, 6) is 0. The van der Waals surface area contributed by atoms with Crippen molar-refractivity contribution in [2.24, 2.45) is 0 Å². The zero-order chi connectivity index (χ0) is 6.91. The number of likely N-dealkylation sites (N-methyl/N-ethyl adjacent to an activating group) is 1. The van der Waals surface area contributed by atoms with Gasteiger partial charge >= 0.3 is 0 Å². The summed E-state index contributed by atoms with van der Waals surface area (Å²) in [5, 5.41) is 17.4. The van der Waals surface area contributed by atoms with Crippen LogP contribution in [0.5, 0.6) is 0 Å². The van der Waals surface area contributed by atoms with Crippen LogP contribution in [0.2, 0.25) is 0 Å². The fourth-order valence-electron chi connectivity index (χ4n) is 0.988. The zero-order valence-electron chi connectivity index (χ0n) is 5.46. The third-order valence-corrected chi connectivity index (χ3v) is 1.63. The maximum absolute atomic E-state index is 9.12. The van der Waals surface area contributed by atoms with Gasteiger partial charge in [-0.15, -0.1) is 0 Å². The lowest BCUT2D eigenvalue weighted by atomic mass is 9.97. The van der Waals surface area contributed by atoms with Crippen molar-refractivity contribution in [3.8, 4) is 6.07 Å². The lowest BCUT2D eigenvalue weighted by molar-refractivity contribution is -0.0516. The van der Waals surface area contributed by atoms with E-state index in [1.165, 1.54) is 0 Å². The van der Waals surface area contributed by atoms with Crippen LogP contribution in [0.3, 0.4) is 0 Å². The van der Waals surface area contributed by atoms with Gasteiger partial charge < -0.3 is 5.11 Å². The lowest BCUT2D eigenvalue weighted by Gasteiger charge is -2.40. The molecule has 0 aromatic carbocycles. The van der Waals surface area contributed by atoms with Gasteiger partial charge in [-0.3, -0.25) is 4.90 Å². The van der Waals surface area contributed by atoms with Crippen LogP contribution in [-0.2, 0) is 0 Å². The molecule has 9 heavy (non-hydrogen) atoms. The van der Waals surface area contributed by atoms with Crippen LogP contribution in [0.25, 0.3) is 0 Å². The van der Waals surface area contributed by atoms with Crippen molar-refractivity contribution >= 4 is 0 Å². The summed E-state index contributed by atoms with van der Waals surface area (Å²) < 4.78 is 0. The molecule has 0 unspecified atom stereocenters. The highest BCUT2D eigenvalue weighted by Gasteiger charge is 2.40. The minimum atomic E-state index is -1.03. The Morgan fingerprint density at radius 3 is 2.67 bits per heavy atom. The molecule has 3 nitrogen and oxygen atoms in total. The molecule has 0 spiro atoms. The molecule has 50 valence electrons. The van der Waals surface area contributed by atoms with Gasteiger partial charge in [-0.1, -0.05) is 6.92 Å². The van der Waals surface area contributed by atoms with Gasteiger partial charge in [-0.2, -0.15) is 5.26 Å². The SMILES string of the molecule is CCN1CC(O)(C#N)C1. The highest BCUT2D eigenvalue weighted by atomic mass is 16.3. The first kappa shape index (κ1) is 6.53. The number of hydrogen-bond acceptors (Lipinski definition) is 3. The number of nitrogens with zero attached hydrogens (tertiary/aromatic N) is 2. The van der Waals surface area contributed by atoms with Crippen LogP contribution in [0.1, 0.15) is 6.92 Å². The van der Waals surface area contributed by atoms with E-state index >= 15 is 0 Å². The number of nitriles is 1. The average molecular weight is 126 g/mol. The van der Waals surface area contributed by atoms with E-state index in [-0.39, 0.29) is 0 Å². The molecule has 1 rings (SSSR count). The molecule has 1 aliphatic heterocycles. The lowest BCUT2D eigenvalue weighted by Crippen LogP contribution is -2.60. The van der Waals surface area contributed by atoms with Crippen molar-refractivity contribution in [3.05, 3.63) is 0 Å². The molecule has 0 aromatic rings. The maximum atomic E-state index is 9.12. The van der Waals surface area contributed by atoms with E-state index in [1.54, 1.807) is 0 Å². The Morgan fingerprint density at radius 2 is 2.33 bits per heavy atom. The van der Waals surface area contributed by atoms with Gasteiger partial charge in [0.25, 0.3) is 0 Å². The first-order chi connectivity index (χ1) is 4.20. The topological polar surface area (TPSA) is 47.3 Å². The van der Waals surface area contributed by atoms with Crippen molar-refractivity contribution in [2.45, 2.75) is 12.5 Å². The van der Waals surface area contributed by atoms with Crippen molar-refractivity contribution in [2.75, 3.05) is 19.6 Å². The molecule has 0 aliphatic carbocycles. The van der Waals surface area contributed by atoms with Crippen LogP contribution in [0, 0.1) is 11.3 Å². The summed E-state index contributed by atoms with van der Waals surface area (Å²) in [6.07, 6.45) is 0. The maximum Gasteiger partial charge on any atom is 0.176 e. The number of rotatable bonds is 1. The van der Waals surface area contributed by atoms with Crippen molar-refractivity contribution in [1.29, 1.82) is 5.26 Å². The summed E-state index contributed by atoms with van der Waals surface area (Å²) in [6, 6.07) is 1.86. The molecule has 0 atom stereocenters. The first-order valence-corrected chi connectivity index (χ1v) is 3.06. The van der Waals surface area contributed by atoms with Crippen LogP contribution in [0.15, 0.2) is 0 Å². The fraction of sp³-hybridized carbons (Fsp3) is 0.833. The van der Waals surface area contributed by atoms with Gasteiger partial charge in [0.05, 0.1) is 0 Å². The zero-order valence-corrected chi connectivity index (χ0v) is 5.46. The van der Waals surface area contributed by atoms with E-state index in [1.807, 2.05) is 17.9 Å². The minimum absolute atomic E-state index is 0.514. The molecule has 1 N–H and O–H groups in total. The highest BCUT2D eigenvalue weighted by Crippen LogP contribution is 2.18. The van der Waals surface area contributed by atoms with Crippen LogP contribution >= 0.6 is 0 Å². The predicted octanol–water partition coefficient (Wildman–Crippen LogP) is -0.423. The van der Waals surface area contributed by atoms with Crippen molar-refractivity contribution in [1.82, 2.24) is 4.90 Å². The minimum Gasteiger partial charge on any atom is -0.373 e. The molecule has 0 aromatic heterocycles. The van der Waals surface area contributed by atoms with E-state index in [9.17, 15) is 0 Å². The van der Waals surface area contributed by atoms with Gasteiger partial charge in [0.2, 0.25) is 0 Å². The van der Waals surface area contributed by atoms with Gasteiger partial charge in [0, 0.05) is 13.1 Å². The largest absolute Gasteiger partial charge is 0.373 e. The summed E-state index contributed by atoms with van der Waals surface area (Å²) >= 11 is 0. The van der Waals surface area contributed by atoms with Crippen LogP contribution in [-0.4, -0.2) is 35.2 Å². The third kappa shape index (κ3) is 1.04. The van der Waals surface area contributed by atoms with E-state index in [2.05, 4.69) is 0 Å². The molecule has 1 saturated heterocycles. The Kier molecular flexibility index (Phi) is 1.43. The number of aliphatic hydroxyl groups is 1. The summed E-state index contributed by atoms with van der Waals surface area (Å²) in [4.78, 5) is 2.02. The quantitative estimate of drug-likeness (QED) is 0.485. The van der Waals surface area contributed by atoms with Gasteiger partial charge in [0.1, 0.15) is 6.07 Å². The highest BCUT2D eigenvalue weighted by molar-refractivity contribution is 5.10. The Bertz CT molecular complexity index is 144. The number of β-amino-alcohol motifs (C(OH)–C–C–N with tert-alkyl or cyclic N) is 1. The molecule has 0 saturated carbocycles. The summed E-state index contributed by atoms with van der Waals surface area (Å²) in [7, 11) is 0. The Balaban J connectivity index is 2.35. The van der Waals surface area contributed by atoms with Gasteiger partial charge in [0.15, 0.2) is 5.60 Å². The third-order valence-electron chi connectivity index (χ3n) is 1.63. The number of likely N-dealkylation sites (tertiary alicyclic amines) is 1. The number of hydrogen-bond donors (Lipinski definition) is 1. The Morgan fingerprint density at radius 1 is 1.78 bits per heavy atom. The van der Waals surface area contributed by atoms with Crippen LogP contribution < -0.4 is 0 Å². The average Bonchev–Trinajstić information content (AvgIpc) is 1.81. The first-order valence-electron chi connectivity index (χ1n) is 3.06. The molecule has 0 amide bonds. The summed E-state index contributed by atoms with van der Waals surface area (Å²) in [5.41, 5.74) is -1.03. The van der Waals surface area contributed by atoms with E-state index in [0.717, 1.165) is 6.54 Å². The van der Waals surface area contributed by atoms with Crippen molar-refractivity contribution in [3.63, 3.8) is 0 Å². The second-order valence-corrected chi connectivity index (χ2v) is 2.45. The van der Waals surface area contributed by atoms with Crippen LogP contribution in [0.4, 0.5) is 0 Å². The second kappa shape index (κ2) is 1.98. The molecule has 3 heteroatoms. The van der Waals surface area contributed by atoms with Gasteiger partial charge in [-0.25, -0.2) is 0 Å². The molecule has 1 fully saturated rings. The molecule has 0 radical (unpaired) electrons.